The number of para-hydroxylation sites is 1. The number of hydrogen-bond acceptors (Lipinski definition) is 4. The minimum atomic E-state index is -0.479. The summed E-state index contributed by atoms with van der Waals surface area (Å²) in [6.45, 7) is 2.56. The van der Waals surface area contributed by atoms with E-state index in [9.17, 15) is 9.18 Å². The van der Waals surface area contributed by atoms with Gasteiger partial charge in [0.1, 0.15) is 29.9 Å². The van der Waals surface area contributed by atoms with Gasteiger partial charge >= 0.3 is 0 Å². The van der Waals surface area contributed by atoms with Crippen LogP contribution in [0.5, 0.6) is 5.75 Å². The van der Waals surface area contributed by atoms with Crippen molar-refractivity contribution in [2.45, 2.75) is 32.4 Å². The van der Waals surface area contributed by atoms with Gasteiger partial charge in [-0.1, -0.05) is 35.5 Å². The van der Waals surface area contributed by atoms with Crippen LogP contribution in [0, 0.1) is 5.82 Å². The van der Waals surface area contributed by atoms with Crippen molar-refractivity contribution in [2.24, 2.45) is 0 Å². The molecule has 0 spiro atoms. The lowest BCUT2D eigenvalue weighted by Crippen LogP contribution is -2.32. The van der Waals surface area contributed by atoms with Gasteiger partial charge in [-0.25, -0.2) is 9.07 Å². The maximum atomic E-state index is 13.2. The van der Waals surface area contributed by atoms with E-state index in [1.807, 2.05) is 36.4 Å². The summed E-state index contributed by atoms with van der Waals surface area (Å²) in [4.78, 5) is 12.3. The van der Waals surface area contributed by atoms with Crippen LogP contribution in [0.3, 0.4) is 0 Å². The molecule has 0 unspecified atom stereocenters. The normalized spacial score (nSPS) is 11.8. The fourth-order valence-corrected chi connectivity index (χ4v) is 2.71. The van der Waals surface area contributed by atoms with Gasteiger partial charge in [0, 0.05) is 6.54 Å². The van der Waals surface area contributed by atoms with Crippen LogP contribution >= 0.6 is 0 Å². The fraction of sp³-hybridized carbons (Fsp3) is 0.286. The lowest BCUT2D eigenvalue weighted by atomic mass is 10.1. The maximum Gasteiger partial charge on any atom is 0.244 e. The van der Waals surface area contributed by atoms with Gasteiger partial charge in [-0.15, -0.1) is 5.10 Å². The number of carbonyl (C=O) groups excluding carboxylic acids is 1. The Morgan fingerprint density at radius 1 is 1.21 bits per heavy atom. The molecule has 1 amide bonds. The quantitative estimate of drug-likeness (QED) is 0.577. The lowest BCUT2D eigenvalue weighted by molar-refractivity contribution is -0.124. The second-order valence-corrected chi connectivity index (χ2v) is 6.49. The second kappa shape index (κ2) is 9.64. The molecule has 0 radical (unpaired) electrons. The summed E-state index contributed by atoms with van der Waals surface area (Å²) in [6.07, 6.45) is 3.14. The fourth-order valence-electron chi connectivity index (χ4n) is 2.71. The first kappa shape index (κ1) is 19.5. The molecule has 146 valence electrons. The Kier molecular flexibility index (Phi) is 6.73. The van der Waals surface area contributed by atoms with E-state index in [1.54, 1.807) is 19.2 Å². The van der Waals surface area contributed by atoms with Crippen molar-refractivity contribution in [2.75, 3.05) is 6.54 Å². The molecule has 28 heavy (non-hydrogen) atoms. The molecule has 6 nitrogen and oxygen atoms in total. The van der Waals surface area contributed by atoms with Crippen LogP contribution in [-0.4, -0.2) is 27.4 Å². The zero-order chi connectivity index (χ0) is 19.8. The molecular weight excluding hydrogens is 359 g/mol. The Morgan fingerprint density at radius 2 is 2.04 bits per heavy atom. The molecule has 0 bridgehead atoms. The van der Waals surface area contributed by atoms with Crippen molar-refractivity contribution < 1.29 is 13.9 Å². The summed E-state index contributed by atoms with van der Waals surface area (Å²) in [5.41, 5.74) is 1.57. The van der Waals surface area contributed by atoms with Crippen LogP contribution in [0.25, 0.3) is 0 Å². The first-order valence-electron chi connectivity index (χ1n) is 9.22. The van der Waals surface area contributed by atoms with Gasteiger partial charge in [0.25, 0.3) is 0 Å². The average Bonchev–Trinajstić information content (AvgIpc) is 3.19. The molecule has 7 heteroatoms. The highest BCUT2D eigenvalue weighted by Gasteiger charge is 2.16. The van der Waals surface area contributed by atoms with Crippen molar-refractivity contribution in [1.29, 1.82) is 0 Å². The Bertz CT molecular complexity index is 898. The number of aromatic nitrogens is 3. The summed E-state index contributed by atoms with van der Waals surface area (Å²) < 4.78 is 20.3. The van der Waals surface area contributed by atoms with Gasteiger partial charge in [-0.3, -0.25) is 4.79 Å². The van der Waals surface area contributed by atoms with E-state index in [1.165, 1.54) is 16.8 Å². The van der Waals surface area contributed by atoms with Crippen LogP contribution in [0.2, 0.25) is 0 Å². The predicted molar refractivity (Wildman–Crippen MR) is 103 cm³/mol. The van der Waals surface area contributed by atoms with Crippen molar-refractivity contribution >= 4 is 5.91 Å². The van der Waals surface area contributed by atoms with Crippen molar-refractivity contribution in [1.82, 2.24) is 20.3 Å². The zero-order valence-electron chi connectivity index (χ0n) is 15.7. The Labute approximate surface area is 163 Å². The number of carbonyl (C=O) groups is 1. The standard InChI is InChI=1S/C21H23FN4O2/c1-16(21(27)23-12-6-8-17-7-5-9-18(22)13-17)26-14-19(24-25-26)15-28-20-10-3-2-4-11-20/h2-5,7,9-11,13-14,16H,6,8,12,15H2,1H3,(H,23,27)/t16-/m0/s1. The van der Waals surface area contributed by atoms with E-state index in [4.69, 9.17) is 4.74 Å². The van der Waals surface area contributed by atoms with Gasteiger partial charge in [0.05, 0.1) is 6.20 Å². The van der Waals surface area contributed by atoms with E-state index in [-0.39, 0.29) is 18.3 Å². The van der Waals surface area contributed by atoms with Gasteiger partial charge in [0.2, 0.25) is 5.91 Å². The number of amides is 1. The average molecular weight is 382 g/mol. The molecular formula is C21H23FN4O2. The molecule has 0 aliphatic rings. The third-order valence-electron chi connectivity index (χ3n) is 4.29. The number of halogens is 1. The van der Waals surface area contributed by atoms with Crippen LogP contribution in [0.15, 0.2) is 60.8 Å². The van der Waals surface area contributed by atoms with E-state index >= 15 is 0 Å². The zero-order valence-corrected chi connectivity index (χ0v) is 15.7. The highest BCUT2D eigenvalue weighted by atomic mass is 19.1. The van der Waals surface area contributed by atoms with Gasteiger partial charge in [-0.05, 0) is 49.6 Å². The number of nitrogens with zero attached hydrogens (tertiary/aromatic N) is 3. The van der Waals surface area contributed by atoms with Crippen molar-refractivity contribution in [3.8, 4) is 5.75 Å². The van der Waals surface area contributed by atoms with E-state index in [0.717, 1.165) is 17.7 Å². The molecule has 0 saturated heterocycles. The Morgan fingerprint density at radius 3 is 2.82 bits per heavy atom. The first-order chi connectivity index (χ1) is 13.6. The van der Waals surface area contributed by atoms with Crippen LogP contribution in [0.1, 0.15) is 30.6 Å². The minimum Gasteiger partial charge on any atom is -0.487 e. The number of aryl methyl sites for hydroxylation is 1. The topological polar surface area (TPSA) is 69.0 Å². The highest BCUT2D eigenvalue weighted by Crippen LogP contribution is 2.12. The third-order valence-corrected chi connectivity index (χ3v) is 4.29. The first-order valence-corrected chi connectivity index (χ1v) is 9.22. The summed E-state index contributed by atoms with van der Waals surface area (Å²) in [7, 11) is 0. The number of benzene rings is 2. The maximum absolute atomic E-state index is 13.2. The second-order valence-electron chi connectivity index (χ2n) is 6.49. The molecule has 0 aliphatic carbocycles. The van der Waals surface area contributed by atoms with E-state index in [0.29, 0.717) is 18.7 Å². The molecule has 1 N–H and O–H groups in total. The van der Waals surface area contributed by atoms with Gasteiger partial charge in [0.15, 0.2) is 0 Å². The summed E-state index contributed by atoms with van der Waals surface area (Å²) in [6, 6.07) is 15.5. The third kappa shape index (κ3) is 5.64. The van der Waals surface area contributed by atoms with Crippen molar-refractivity contribution in [3.63, 3.8) is 0 Å². The van der Waals surface area contributed by atoms with Crippen LogP contribution < -0.4 is 10.1 Å². The van der Waals surface area contributed by atoms with E-state index < -0.39 is 6.04 Å². The smallest absolute Gasteiger partial charge is 0.244 e. The molecule has 2 aromatic carbocycles. The monoisotopic (exact) mass is 382 g/mol. The molecule has 0 fully saturated rings. The molecule has 0 aliphatic heterocycles. The number of hydrogen-bond donors (Lipinski definition) is 1. The van der Waals surface area contributed by atoms with Gasteiger partial charge < -0.3 is 10.1 Å². The van der Waals surface area contributed by atoms with Crippen molar-refractivity contribution in [3.05, 3.63) is 77.9 Å². The highest BCUT2D eigenvalue weighted by molar-refractivity contribution is 5.79. The summed E-state index contributed by atoms with van der Waals surface area (Å²) in [5, 5.41) is 11.0. The number of nitrogens with one attached hydrogen (secondary N) is 1. The Balaban J connectivity index is 1.42. The lowest BCUT2D eigenvalue weighted by Gasteiger charge is -2.12. The van der Waals surface area contributed by atoms with E-state index in [2.05, 4.69) is 15.6 Å². The molecule has 3 rings (SSSR count). The van der Waals surface area contributed by atoms with Crippen LogP contribution in [0.4, 0.5) is 4.39 Å². The molecule has 0 saturated carbocycles. The minimum absolute atomic E-state index is 0.139. The van der Waals surface area contributed by atoms with Gasteiger partial charge in [-0.2, -0.15) is 0 Å². The van der Waals surface area contributed by atoms with Crippen LogP contribution in [-0.2, 0) is 17.8 Å². The SMILES string of the molecule is C[C@@H](C(=O)NCCCc1cccc(F)c1)n1cc(COc2ccccc2)nn1. The summed E-state index contributed by atoms with van der Waals surface area (Å²) >= 11 is 0. The molecule has 3 aromatic rings. The molecule has 1 atom stereocenters. The Hall–Kier alpha value is -3.22. The number of ether oxygens (including phenoxy) is 1. The molecule has 1 heterocycles. The summed E-state index contributed by atoms with van der Waals surface area (Å²) in [5.74, 6) is 0.370. The predicted octanol–water partition coefficient (Wildman–Crippen LogP) is 3.31. The number of rotatable bonds is 9. The largest absolute Gasteiger partial charge is 0.487 e. The molecule has 1 aromatic heterocycles.